The van der Waals surface area contributed by atoms with Crippen molar-refractivity contribution in [3.63, 3.8) is 0 Å². The van der Waals surface area contributed by atoms with Gasteiger partial charge < -0.3 is 0 Å². The van der Waals surface area contributed by atoms with Crippen molar-refractivity contribution >= 4 is 24.0 Å². The van der Waals surface area contributed by atoms with Crippen LogP contribution in [0, 0.1) is 0 Å². The van der Waals surface area contributed by atoms with Crippen LogP contribution in [0.25, 0.3) is 0 Å². The molecule has 0 unspecified atom stereocenters. The number of phenols is 1. The van der Waals surface area contributed by atoms with Gasteiger partial charge in [-0.3, -0.25) is 0 Å². The first-order valence-corrected chi connectivity index (χ1v) is 8.29. The molecule has 0 fully saturated rings. The van der Waals surface area contributed by atoms with Crippen molar-refractivity contribution in [2.45, 2.75) is 0 Å². The molecule has 0 spiro atoms. The van der Waals surface area contributed by atoms with E-state index in [9.17, 15) is 5.11 Å². The summed E-state index contributed by atoms with van der Waals surface area (Å²) in [6.07, 6.45) is 0. The van der Waals surface area contributed by atoms with E-state index in [-0.39, 0.29) is 5.75 Å². The van der Waals surface area contributed by atoms with E-state index >= 15 is 0 Å². The van der Waals surface area contributed by atoms with Gasteiger partial charge in [0.2, 0.25) is 0 Å². The Morgan fingerprint density at radius 2 is 1.91 bits per heavy atom. The number of aromatic hydroxyl groups is 1. The molecule has 0 atom stereocenters. The standard InChI is InChI=1S/C7H6O.2ClH.Ru/c1-6-4-2-3-5-7(6)8;;;/h1-5,8H;2*1H;/q;;;+2/p-2. The first-order chi connectivity index (χ1) is 5.20. The van der Waals surface area contributed by atoms with Crippen LogP contribution in [-0.2, 0) is 13.5 Å². The summed E-state index contributed by atoms with van der Waals surface area (Å²) in [5.41, 5.74) is 0.719. The van der Waals surface area contributed by atoms with Crippen LogP contribution in [0.5, 0.6) is 5.75 Å². The van der Waals surface area contributed by atoms with E-state index in [4.69, 9.17) is 19.4 Å². The van der Waals surface area contributed by atoms with Crippen molar-refractivity contribution in [2.24, 2.45) is 0 Å². The molecule has 0 aliphatic heterocycles. The van der Waals surface area contributed by atoms with Crippen LogP contribution in [0.2, 0.25) is 0 Å². The Morgan fingerprint density at radius 3 is 2.45 bits per heavy atom. The summed E-state index contributed by atoms with van der Waals surface area (Å²) in [6.45, 7) is 0. The summed E-state index contributed by atoms with van der Waals surface area (Å²) in [7, 11) is 11.3. The number of benzene rings is 1. The minimum absolute atomic E-state index is 0.229. The summed E-state index contributed by atoms with van der Waals surface area (Å²) in [6, 6.07) is 6.97. The molecule has 1 nitrogen and oxygen atoms in total. The van der Waals surface area contributed by atoms with Crippen LogP contribution in [0.1, 0.15) is 5.56 Å². The molecule has 1 aromatic rings. The summed E-state index contributed by atoms with van der Waals surface area (Å²) in [4.78, 5) is 0. The molecular formula is C7H6Cl2ORu. The predicted octanol–water partition coefficient (Wildman–Crippen LogP) is 2.47. The van der Waals surface area contributed by atoms with Gasteiger partial charge >= 0.3 is 78.2 Å². The molecule has 62 valence electrons. The topological polar surface area (TPSA) is 20.2 Å². The van der Waals surface area contributed by atoms with Gasteiger partial charge in [0.1, 0.15) is 0 Å². The summed E-state index contributed by atoms with van der Waals surface area (Å²) >= 11 is -1.80. The zero-order valence-corrected chi connectivity index (χ0v) is 8.69. The molecule has 0 saturated heterocycles. The molecule has 11 heavy (non-hydrogen) atoms. The molecule has 0 aromatic heterocycles. The fourth-order valence-corrected chi connectivity index (χ4v) is 2.47. The van der Waals surface area contributed by atoms with E-state index in [1.165, 1.54) is 0 Å². The van der Waals surface area contributed by atoms with Gasteiger partial charge in [0.15, 0.2) is 0 Å². The van der Waals surface area contributed by atoms with Crippen LogP contribution in [0.3, 0.4) is 0 Å². The Bertz CT molecular complexity index is 282. The zero-order valence-electron chi connectivity index (χ0n) is 5.44. The Labute approximate surface area is 78.1 Å². The maximum atomic E-state index is 9.23. The Hall–Kier alpha value is 0.0934. The van der Waals surface area contributed by atoms with Crippen molar-refractivity contribution in [3.05, 3.63) is 29.8 Å². The molecular weight excluding hydrogens is 272 g/mol. The molecule has 4 heteroatoms. The SMILES string of the molecule is Oc1ccccc1[CH]=[Ru]([Cl])[Cl]. The second-order valence-corrected chi connectivity index (χ2v) is 7.59. The van der Waals surface area contributed by atoms with Crippen LogP contribution < -0.4 is 0 Å². The van der Waals surface area contributed by atoms with Gasteiger partial charge in [-0.05, 0) is 0 Å². The number of phenolic OH excluding ortho intramolecular Hbond substituents is 1. The molecule has 1 N–H and O–H groups in total. The predicted molar refractivity (Wildman–Crippen MR) is 45.0 cm³/mol. The fraction of sp³-hybridized carbons (Fsp3) is 0. The molecule has 0 saturated carbocycles. The van der Waals surface area contributed by atoms with E-state index in [0.29, 0.717) is 0 Å². The van der Waals surface area contributed by atoms with Gasteiger partial charge in [-0.15, -0.1) is 0 Å². The average Bonchev–Trinajstić information content (AvgIpc) is 1.93. The van der Waals surface area contributed by atoms with Crippen molar-refractivity contribution in [3.8, 4) is 5.75 Å². The van der Waals surface area contributed by atoms with Gasteiger partial charge in [0.05, 0.1) is 0 Å². The molecule has 0 aliphatic carbocycles. The zero-order chi connectivity index (χ0) is 8.27. The second-order valence-electron chi connectivity index (χ2n) is 1.87. The molecule has 1 aromatic carbocycles. The average molecular weight is 278 g/mol. The van der Waals surface area contributed by atoms with E-state index in [1.54, 1.807) is 22.8 Å². The van der Waals surface area contributed by atoms with Crippen LogP contribution >= 0.6 is 19.4 Å². The number of hydrogen-bond donors (Lipinski definition) is 1. The third-order valence-corrected chi connectivity index (χ3v) is 2.96. The molecule has 0 bridgehead atoms. The van der Waals surface area contributed by atoms with Crippen molar-refractivity contribution in [1.82, 2.24) is 0 Å². The maximum absolute atomic E-state index is 9.23. The van der Waals surface area contributed by atoms with Gasteiger partial charge in [0, 0.05) is 0 Å². The fourth-order valence-electron chi connectivity index (χ4n) is 0.657. The van der Waals surface area contributed by atoms with Crippen molar-refractivity contribution < 1.29 is 18.6 Å². The normalized spacial score (nSPS) is 10.9. The molecule has 0 radical (unpaired) electrons. The van der Waals surface area contributed by atoms with Crippen LogP contribution in [0.15, 0.2) is 24.3 Å². The van der Waals surface area contributed by atoms with Crippen molar-refractivity contribution in [1.29, 1.82) is 0 Å². The van der Waals surface area contributed by atoms with Crippen molar-refractivity contribution in [2.75, 3.05) is 0 Å². The quantitative estimate of drug-likeness (QED) is 0.782. The van der Waals surface area contributed by atoms with E-state index in [2.05, 4.69) is 0 Å². The summed E-state index contributed by atoms with van der Waals surface area (Å²) in [5, 5.41) is 9.23. The number of halogens is 2. The van der Waals surface area contributed by atoms with Crippen LogP contribution in [-0.4, -0.2) is 9.72 Å². The first-order valence-electron chi connectivity index (χ1n) is 2.81. The van der Waals surface area contributed by atoms with E-state index in [0.717, 1.165) is 5.56 Å². The summed E-state index contributed by atoms with van der Waals surface area (Å²) in [5.74, 6) is 0.229. The Morgan fingerprint density at radius 1 is 1.27 bits per heavy atom. The number of rotatable bonds is 1. The third-order valence-electron chi connectivity index (χ3n) is 1.12. The van der Waals surface area contributed by atoms with Gasteiger partial charge in [-0.2, -0.15) is 0 Å². The Kier molecular flexibility index (Phi) is 3.51. The molecule has 1 rings (SSSR count). The number of para-hydroxylation sites is 1. The molecule has 0 heterocycles. The van der Waals surface area contributed by atoms with E-state index in [1.807, 2.05) is 6.07 Å². The monoisotopic (exact) mass is 278 g/mol. The first kappa shape index (κ1) is 9.18. The van der Waals surface area contributed by atoms with Crippen LogP contribution in [0.4, 0.5) is 0 Å². The second kappa shape index (κ2) is 4.20. The van der Waals surface area contributed by atoms with Gasteiger partial charge in [-0.1, -0.05) is 0 Å². The minimum atomic E-state index is -1.80. The van der Waals surface area contributed by atoms with E-state index < -0.39 is 13.5 Å². The molecule has 0 amide bonds. The van der Waals surface area contributed by atoms with Gasteiger partial charge in [0.25, 0.3) is 0 Å². The Balaban J connectivity index is 3.04. The number of hydrogen-bond acceptors (Lipinski definition) is 1. The molecule has 0 aliphatic rings. The third kappa shape index (κ3) is 2.90. The summed E-state index contributed by atoms with van der Waals surface area (Å²) < 4.78 is 1.71. The van der Waals surface area contributed by atoms with Gasteiger partial charge in [-0.25, -0.2) is 0 Å².